The molecule has 1 aliphatic rings. The average molecular weight is 345 g/mol. The molecule has 7 heteroatoms. The zero-order chi connectivity index (χ0) is 18.4. The van der Waals surface area contributed by atoms with Gasteiger partial charge in [0.05, 0.1) is 11.2 Å². The first kappa shape index (κ1) is 18.0. The lowest BCUT2D eigenvalue weighted by Gasteiger charge is -2.32. The summed E-state index contributed by atoms with van der Waals surface area (Å²) in [4.78, 5) is 12.5. The van der Waals surface area contributed by atoms with Crippen LogP contribution in [0.4, 0.5) is 0 Å². The number of pyridine rings is 1. The van der Waals surface area contributed by atoms with Crippen LogP contribution >= 0.6 is 0 Å². The first-order valence-electron chi connectivity index (χ1n) is 8.27. The summed E-state index contributed by atoms with van der Waals surface area (Å²) in [6.45, 7) is 8.06. The second-order valence-corrected chi connectivity index (χ2v) is 7.35. The van der Waals surface area contributed by atoms with Crippen LogP contribution in [0.3, 0.4) is 0 Å². The topological polar surface area (TPSA) is 58.9 Å². The number of aromatic nitrogens is 1. The van der Waals surface area contributed by atoms with E-state index in [-0.39, 0.29) is 12.4 Å². The van der Waals surface area contributed by atoms with Crippen LogP contribution in [0.5, 0.6) is 5.75 Å². The molecule has 0 N–H and O–H groups in total. The van der Waals surface area contributed by atoms with E-state index in [4.69, 9.17) is 18.8 Å². The van der Waals surface area contributed by atoms with Crippen molar-refractivity contribution in [1.29, 1.82) is 0 Å². The zero-order valence-corrected chi connectivity index (χ0v) is 15.6. The summed E-state index contributed by atoms with van der Waals surface area (Å²) < 4.78 is 24.6. The maximum absolute atomic E-state index is 12.5. The van der Waals surface area contributed by atoms with E-state index in [1.807, 2.05) is 39.8 Å². The van der Waals surface area contributed by atoms with E-state index in [2.05, 4.69) is 0 Å². The largest absolute Gasteiger partial charge is 0.498 e. The number of aryl methyl sites for hydroxylation is 1. The number of hydrogen-bond acceptors (Lipinski definition) is 5. The maximum Gasteiger partial charge on any atom is 0.498 e. The Morgan fingerprint density at radius 2 is 1.80 bits per heavy atom. The number of ether oxygens (including phenoxy) is 2. The van der Waals surface area contributed by atoms with Gasteiger partial charge in [-0.05, 0) is 51.3 Å². The van der Waals surface area contributed by atoms with Crippen molar-refractivity contribution >= 4 is 23.4 Å². The van der Waals surface area contributed by atoms with Crippen molar-refractivity contribution in [2.24, 2.45) is 7.05 Å². The molecule has 2 heterocycles. The van der Waals surface area contributed by atoms with Crippen molar-refractivity contribution in [2.75, 3.05) is 13.9 Å². The third-order valence-corrected chi connectivity index (χ3v) is 5.05. The van der Waals surface area contributed by atoms with Crippen molar-refractivity contribution in [3.05, 3.63) is 34.7 Å². The molecule has 0 bridgehead atoms. The highest BCUT2D eigenvalue weighted by atomic mass is 16.7. The predicted molar refractivity (Wildman–Crippen MR) is 97.4 cm³/mol. The zero-order valence-electron chi connectivity index (χ0n) is 15.6. The van der Waals surface area contributed by atoms with Crippen LogP contribution in [0.15, 0.2) is 29.2 Å². The Morgan fingerprint density at radius 3 is 2.40 bits per heavy atom. The lowest BCUT2D eigenvalue weighted by Crippen LogP contribution is -2.41. The van der Waals surface area contributed by atoms with E-state index >= 15 is 0 Å². The molecule has 2 aromatic rings. The highest BCUT2D eigenvalue weighted by molar-refractivity contribution is 6.63. The van der Waals surface area contributed by atoms with Crippen molar-refractivity contribution < 1.29 is 18.8 Å². The van der Waals surface area contributed by atoms with Gasteiger partial charge in [-0.2, -0.15) is 0 Å². The number of benzene rings is 1. The number of methoxy groups -OCH3 is 1. The molecular weight excluding hydrogens is 321 g/mol. The number of fused-ring (bicyclic) bond motifs is 1. The minimum atomic E-state index is -0.619. The minimum Gasteiger partial charge on any atom is -0.468 e. The molecule has 1 aromatic heterocycles. The Bertz CT molecular complexity index is 842. The lowest BCUT2D eigenvalue weighted by atomic mass is 9.77. The van der Waals surface area contributed by atoms with Crippen molar-refractivity contribution in [2.45, 2.75) is 38.9 Å². The lowest BCUT2D eigenvalue weighted by molar-refractivity contribution is 0.00578. The molecule has 0 unspecified atom stereocenters. The van der Waals surface area contributed by atoms with Gasteiger partial charge >= 0.3 is 7.12 Å². The minimum absolute atomic E-state index is 0.0754. The van der Waals surface area contributed by atoms with Gasteiger partial charge in [0.1, 0.15) is 5.75 Å². The van der Waals surface area contributed by atoms with Crippen LogP contribution in [-0.2, 0) is 21.1 Å². The molecule has 0 amide bonds. The van der Waals surface area contributed by atoms with Gasteiger partial charge in [-0.1, -0.05) is 0 Å². The first-order chi connectivity index (χ1) is 11.7. The monoisotopic (exact) mass is 345 g/mol. The molecule has 0 spiro atoms. The van der Waals surface area contributed by atoms with Gasteiger partial charge in [0, 0.05) is 31.2 Å². The number of hydrogen-bond donors (Lipinski definition) is 0. The molecule has 134 valence electrons. The van der Waals surface area contributed by atoms with Gasteiger partial charge in [-0.3, -0.25) is 4.79 Å². The maximum atomic E-state index is 12.5. The summed E-state index contributed by atoms with van der Waals surface area (Å²) in [6, 6.07) is 5.51. The first-order valence-corrected chi connectivity index (χ1v) is 8.27. The van der Waals surface area contributed by atoms with Crippen LogP contribution in [0, 0.1) is 0 Å². The third kappa shape index (κ3) is 3.08. The van der Waals surface area contributed by atoms with Gasteiger partial charge in [0.25, 0.3) is 5.56 Å². The van der Waals surface area contributed by atoms with Crippen molar-refractivity contribution in [1.82, 2.24) is 4.57 Å². The molecule has 0 radical (unpaired) electrons. The van der Waals surface area contributed by atoms with E-state index < -0.39 is 18.3 Å². The third-order valence-electron chi connectivity index (χ3n) is 5.05. The second-order valence-electron chi connectivity index (χ2n) is 7.35. The van der Waals surface area contributed by atoms with Crippen LogP contribution in [-0.4, -0.2) is 36.8 Å². The SMILES string of the molecule is COCOc1cc2ccn(C)c(=O)c2cc1B1OC(C)(C)C(C)(C)O1. The standard InChI is InChI=1S/C18H24BNO5/c1-17(2)18(3,4)25-19(24-17)14-10-13-12(7-8-20(5)16(13)21)9-15(14)23-11-22-6/h7-10H,11H2,1-6H3. The van der Waals surface area contributed by atoms with Gasteiger partial charge in [0.2, 0.25) is 0 Å². The fraction of sp³-hybridized carbons (Fsp3) is 0.500. The Balaban J connectivity index is 2.15. The van der Waals surface area contributed by atoms with E-state index in [1.54, 1.807) is 31.0 Å². The summed E-state index contributed by atoms with van der Waals surface area (Å²) >= 11 is 0. The molecule has 1 saturated heterocycles. The summed E-state index contributed by atoms with van der Waals surface area (Å²) in [7, 11) is 2.67. The summed E-state index contributed by atoms with van der Waals surface area (Å²) in [5, 5.41) is 1.40. The molecule has 0 atom stereocenters. The smallest absolute Gasteiger partial charge is 0.468 e. The Morgan fingerprint density at radius 1 is 1.16 bits per heavy atom. The Labute approximate surface area is 147 Å². The van der Waals surface area contributed by atoms with Crippen LogP contribution < -0.4 is 15.8 Å². The van der Waals surface area contributed by atoms with Crippen molar-refractivity contribution in [3.8, 4) is 5.75 Å². The fourth-order valence-electron chi connectivity index (χ4n) is 2.79. The number of nitrogens with zero attached hydrogens (tertiary/aromatic N) is 1. The van der Waals surface area contributed by atoms with Gasteiger partial charge in [-0.15, -0.1) is 0 Å². The second kappa shape index (κ2) is 6.16. The predicted octanol–water partition coefficient (Wildman–Crippen LogP) is 1.82. The van der Waals surface area contributed by atoms with Crippen LogP contribution in [0.25, 0.3) is 10.8 Å². The van der Waals surface area contributed by atoms with Crippen LogP contribution in [0.1, 0.15) is 27.7 Å². The summed E-state index contributed by atoms with van der Waals surface area (Å²) in [5.41, 5.74) is -0.348. The molecule has 1 aliphatic heterocycles. The fourth-order valence-corrected chi connectivity index (χ4v) is 2.79. The summed E-state index contributed by atoms with van der Waals surface area (Å²) in [5.74, 6) is 0.584. The van der Waals surface area contributed by atoms with Crippen molar-refractivity contribution in [3.63, 3.8) is 0 Å². The van der Waals surface area contributed by atoms with Crippen LogP contribution in [0.2, 0.25) is 0 Å². The highest BCUT2D eigenvalue weighted by Crippen LogP contribution is 2.37. The normalized spacial score (nSPS) is 18.7. The van der Waals surface area contributed by atoms with E-state index in [0.717, 1.165) is 5.39 Å². The van der Waals surface area contributed by atoms with E-state index in [9.17, 15) is 4.79 Å². The molecular formula is C18H24BNO5. The molecule has 0 aliphatic carbocycles. The molecule has 25 heavy (non-hydrogen) atoms. The molecule has 3 rings (SSSR count). The van der Waals surface area contributed by atoms with E-state index in [1.165, 1.54) is 0 Å². The van der Waals surface area contributed by atoms with Gasteiger partial charge in [-0.25, -0.2) is 0 Å². The van der Waals surface area contributed by atoms with Gasteiger partial charge < -0.3 is 23.3 Å². The van der Waals surface area contributed by atoms with Gasteiger partial charge in [0.15, 0.2) is 6.79 Å². The number of rotatable bonds is 4. The molecule has 6 nitrogen and oxygen atoms in total. The molecule has 1 aromatic carbocycles. The summed E-state index contributed by atoms with van der Waals surface area (Å²) in [6.07, 6.45) is 1.74. The molecule has 1 fully saturated rings. The average Bonchev–Trinajstić information content (AvgIpc) is 2.76. The Kier molecular flexibility index (Phi) is 4.43. The quantitative estimate of drug-likeness (QED) is 0.625. The van der Waals surface area contributed by atoms with E-state index in [0.29, 0.717) is 16.6 Å². The molecule has 0 saturated carbocycles. The highest BCUT2D eigenvalue weighted by Gasteiger charge is 2.52. The Hall–Kier alpha value is -1.83.